The molecule has 1 amide bonds. The molecule has 0 bridgehead atoms. The second-order valence-corrected chi connectivity index (χ2v) is 11.3. The zero-order valence-corrected chi connectivity index (χ0v) is 21.0. The molecule has 172 valence electrons. The summed E-state index contributed by atoms with van der Waals surface area (Å²) in [7, 11) is 0. The summed E-state index contributed by atoms with van der Waals surface area (Å²) in [5.74, 6) is -0.00410. The summed E-state index contributed by atoms with van der Waals surface area (Å²) in [6.45, 7) is 13.6. The molecule has 0 saturated carbocycles. The third kappa shape index (κ3) is 4.94. The van der Waals surface area contributed by atoms with Crippen LogP contribution in [0.2, 0.25) is 5.02 Å². The van der Waals surface area contributed by atoms with Gasteiger partial charge in [0, 0.05) is 16.6 Å². The smallest absolute Gasteiger partial charge is 0.411 e. The Kier molecular flexibility index (Phi) is 6.05. The largest absolute Gasteiger partial charge is 0.448 e. The molecule has 0 unspecified atom stereocenters. The Morgan fingerprint density at radius 2 is 1.30 bits per heavy atom. The summed E-state index contributed by atoms with van der Waals surface area (Å²) in [5.41, 5.74) is 8.19. The van der Waals surface area contributed by atoms with Gasteiger partial charge in [0.25, 0.3) is 0 Å². The quantitative estimate of drug-likeness (QED) is 0.426. The highest BCUT2D eigenvalue weighted by molar-refractivity contribution is 6.30. The summed E-state index contributed by atoms with van der Waals surface area (Å²) in [6.07, 6.45) is -0.466. The van der Waals surface area contributed by atoms with Gasteiger partial charge in [-0.1, -0.05) is 89.5 Å². The van der Waals surface area contributed by atoms with Crippen LogP contribution in [0, 0.1) is 0 Å². The number of amides is 1. The van der Waals surface area contributed by atoms with Crippen molar-refractivity contribution in [2.45, 2.75) is 58.3 Å². The normalized spacial score (nSPS) is 13.4. The topological polar surface area (TPSA) is 38.3 Å². The first-order valence-electron chi connectivity index (χ1n) is 11.4. The fraction of sp³-hybridized carbons (Fsp3) is 0.345. The summed E-state index contributed by atoms with van der Waals surface area (Å²) in [5, 5.41) is 3.42. The van der Waals surface area contributed by atoms with Gasteiger partial charge in [0.2, 0.25) is 0 Å². The first kappa shape index (κ1) is 23.4. The van der Waals surface area contributed by atoms with Crippen LogP contribution in [0.5, 0.6) is 0 Å². The van der Waals surface area contributed by atoms with E-state index in [-0.39, 0.29) is 23.4 Å². The number of nitrogens with one attached hydrogen (secondary N) is 1. The van der Waals surface area contributed by atoms with E-state index < -0.39 is 6.09 Å². The SMILES string of the molecule is CC(C)(C)c1ccc2c(c1)C(COC(=O)Nc1ccc(Cl)cc1)c1cc(C(C)(C)C)ccc1-2. The van der Waals surface area contributed by atoms with Gasteiger partial charge in [-0.2, -0.15) is 0 Å². The van der Waals surface area contributed by atoms with Gasteiger partial charge in [-0.05, 0) is 68.5 Å². The van der Waals surface area contributed by atoms with Crippen molar-refractivity contribution < 1.29 is 9.53 Å². The Balaban J connectivity index is 1.65. The first-order chi connectivity index (χ1) is 15.4. The molecule has 0 heterocycles. The van der Waals surface area contributed by atoms with Crippen molar-refractivity contribution in [2.75, 3.05) is 11.9 Å². The van der Waals surface area contributed by atoms with Gasteiger partial charge in [0.1, 0.15) is 6.61 Å². The van der Waals surface area contributed by atoms with Crippen LogP contribution in [0.1, 0.15) is 69.7 Å². The Morgan fingerprint density at radius 3 is 1.76 bits per heavy atom. The molecule has 0 aliphatic heterocycles. The summed E-state index contributed by atoms with van der Waals surface area (Å²) in [4.78, 5) is 12.6. The summed E-state index contributed by atoms with van der Waals surface area (Å²) < 4.78 is 5.74. The maximum atomic E-state index is 12.6. The van der Waals surface area contributed by atoms with Crippen molar-refractivity contribution in [3.05, 3.63) is 87.9 Å². The van der Waals surface area contributed by atoms with Crippen LogP contribution >= 0.6 is 11.6 Å². The zero-order chi connectivity index (χ0) is 24.0. The molecule has 4 rings (SSSR count). The number of fused-ring (bicyclic) bond motifs is 3. The molecule has 1 aliphatic rings. The van der Waals surface area contributed by atoms with Gasteiger partial charge < -0.3 is 4.74 Å². The highest BCUT2D eigenvalue weighted by Gasteiger charge is 2.32. The Bertz CT molecular complexity index is 1120. The van der Waals surface area contributed by atoms with E-state index in [2.05, 4.69) is 83.3 Å². The third-order valence-electron chi connectivity index (χ3n) is 6.35. The average molecular weight is 462 g/mol. The molecular weight excluding hydrogens is 430 g/mol. The monoisotopic (exact) mass is 461 g/mol. The van der Waals surface area contributed by atoms with E-state index in [9.17, 15) is 4.79 Å². The van der Waals surface area contributed by atoms with Gasteiger partial charge in [0.15, 0.2) is 0 Å². The minimum atomic E-state index is -0.466. The van der Waals surface area contributed by atoms with Gasteiger partial charge in [0.05, 0.1) is 0 Å². The lowest BCUT2D eigenvalue weighted by molar-refractivity contribution is 0.158. The van der Waals surface area contributed by atoms with Crippen molar-refractivity contribution in [1.82, 2.24) is 0 Å². The second kappa shape index (κ2) is 8.53. The Morgan fingerprint density at radius 1 is 0.818 bits per heavy atom. The molecule has 0 fully saturated rings. The number of halogens is 1. The van der Waals surface area contributed by atoms with Crippen molar-refractivity contribution in [1.29, 1.82) is 0 Å². The van der Waals surface area contributed by atoms with Gasteiger partial charge in [-0.25, -0.2) is 4.79 Å². The van der Waals surface area contributed by atoms with Crippen molar-refractivity contribution in [3.63, 3.8) is 0 Å². The average Bonchev–Trinajstić information content (AvgIpc) is 3.05. The van der Waals surface area contributed by atoms with Crippen LogP contribution < -0.4 is 5.32 Å². The Labute approximate surface area is 202 Å². The first-order valence-corrected chi connectivity index (χ1v) is 11.8. The van der Waals surface area contributed by atoms with Crippen LogP contribution in [0.4, 0.5) is 10.5 Å². The van der Waals surface area contributed by atoms with Crippen LogP contribution in [0.25, 0.3) is 11.1 Å². The molecule has 1 aliphatic carbocycles. The maximum absolute atomic E-state index is 12.6. The lowest BCUT2D eigenvalue weighted by atomic mass is 9.83. The molecule has 4 heteroatoms. The lowest BCUT2D eigenvalue weighted by Gasteiger charge is -2.22. The molecular formula is C29H32ClNO2. The van der Waals surface area contributed by atoms with Crippen LogP contribution in [0.3, 0.4) is 0 Å². The standard InChI is InChI=1S/C29H32ClNO2/c1-28(2,3)18-7-13-22-23-14-8-19(29(4,5)6)16-25(23)26(24(22)15-18)17-33-27(32)31-21-11-9-20(30)10-12-21/h7-16,26H,17H2,1-6H3,(H,31,32). The minimum absolute atomic E-state index is 0.00410. The number of hydrogen-bond acceptors (Lipinski definition) is 2. The fourth-order valence-electron chi connectivity index (χ4n) is 4.32. The van der Waals surface area contributed by atoms with E-state index in [0.29, 0.717) is 10.7 Å². The number of ether oxygens (including phenoxy) is 1. The van der Waals surface area contributed by atoms with E-state index in [1.807, 2.05) is 0 Å². The second-order valence-electron chi connectivity index (χ2n) is 10.9. The van der Waals surface area contributed by atoms with Crippen LogP contribution in [-0.2, 0) is 15.6 Å². The molecule has 0 atom stereocenters. The molecule has 0 spiro atoms. The molecule has 0 radical (unpaired) electrons. The van der Waals surface area contributed by atoms with E-state index in [1.54, 1.807) is 24.3 Å². The molecule has 33 heavy (non-hydrogen) atoms. The van der Waals surface area contributed by atoms with E-state index in [1.165, 1.54) is 33.4 Å². The molecule has 3 nitrogen and oxygen atoms in total. The maximum Gasteiger partial charge on any atom is 0.411 e. The predicted molar refractivity (Wildman–Crippen MR) is 138 cm³/mol. The number of carbonyl (C=O) groups is 1. The number of benzene rings is 3. The lowest BCUT2D eigenvalue weighted by Crippen LogP contribution is -2.19. The fourth-order valence-corrected chi connectivity index (χ4v) is 4.44. The highest BCUT2D eigenvalue weighted by Crippen LogP contribution is 2.47. The third-order valence-corrected chi connectivity index (χ3v) is 6.60. The predicted octanol–water partition coefficient (Wildman–Crippen LogP) is 8.30. The number of anilines is 1. The molecule has 0 saturated heterocycles. The summed E-state index contributed by atoms with van der Waals surface area (Å²) in [6, 6.07) is 20.5. The molecule has 0 aromatic heterocycles. The highest BCUT2D eigenvalue weighted by atomic mass is 35.5. The molecule has 3 aromatic rings. The van der Waals surface area contributed by atoms with Crippen molar-refractivity contribution in [3.8, 4) is 11.1 Å². The van der Waals surface area contributed by atoms with E-state index in [4.69, 9.17) is 16.3 Å². The molecule has 3 aromatic carbocycles. The number of hydrogen-bond donors (Lipinski definition) is 1. The summed E-state index contributed by atoms with van der Waals surface area (Å²) >= 11 is 5.94. The van der Waals surface area contributed by atoms with E-state index >= 15 is 0 Å². The van der Waals surface area contributed by atoms with Gasteiger partial charge in [-0.3, -0.25) is 5.32 Å². The van der Waals surface area contributed by atoms with Crippen LogP contribution in [0.15, 0.2) is 60.7 Å². The number of rotatable bonds is 3. The van der Waals surface area contributed by atoms with E-state index in [0.717, 1.165) is 0 Å². The number of carbonyl (C=O) groups excluding carboxylic acids is 1. The minimum Gasteiger partial charge on any atom is -0.448 e. The van der Waals surface area contributed by atoms with Crippen LogP contribution in [-0.4, -0.2) is 12.7 Å². The Hall–Kier alpha value is -2.78. The van der Waals surface area contributed by atoms with Gasteiger partial charge in [-0.15, -0.1) is 0 Å². The van der Waals surface area contributed by atoms with Crippen molar-refractivity contribution in [2.24, 2.45) is 0 Å². The van der Waals surface area contributed by atoms with Crippen molar-refractivity contribution >= 4 is 23.4 Å². The van der Waals surface area contributed by atoms with Gasteiger partial charge >= 0.3 is 6.09 Å². The zero-order valence-electron chi connectivity index (χ0n) is 20.3. The molecule has 1 N–H and O–H groups in total.